The first-order valence-electron chi connectivity index (χ1n) is 11.9. The Hall–Kier alpha value is -2.96. The number of hydrogen-bond donors (Lipinski definition) is 1. The summed E-state index contributed by atoms with van der Waals surface area (Å²) >= 11 is 0. The SMILES string of the molecule is Cc1cc(C)n(Cc2cc(-c3ccc[n+](CC(=O)NC4CC4)c3)n(C3CCCCC3)n2)n1. The molecule has 0 aliphatic heterocycles. The minimum Gasteiger partial charge on any atom is -0.348 e. The predicted molar refractivity (Wildman–Crippen MR) is 122 cm³/mol. The number of carbonyl (C=O) groups excluding carboxylic acids is 1. The standard InChI is InChI=1S/C25H32N6O/c1-18-13-19(2)30(27-18)16-22-14-24(31(28-22)23-8-4-3-5-9-23)20-7-6-12-29(15-20)17-25(32)26-21-10-11-21/h6-7,12-15,21,23H,3-5,8-11,16-17H2,1-2H3/p+1. The van der Waals surface area contributed by atoms with Crippen LogP contribution in [-0.4, -0.2) is 31.5 Å². The molecule has 0 spiro atoms. The molecule has 0 atom stereocenters. The number of nitrogens with one attached hydrogen (secondary N) is 1. The van der Waals surface area contributed by atoms with Crippen LogP contribution in [0.2, 0.25) is 0 Å². The van der Waals surface area contributed by atoms with Crippen LogP contribution >= 0.6 is 0 Å². The van der Waals surface area contributed by atoms with Crippen LogP contribution in [0.4, 0.5) is 0 Å². The van der Waals surface area contributed by atoms with Crippen molar-refractivity contribution >= 4 is 5.91 Å². The average Bonchev–Trinajstić information content (AvgIpc) is 3.39. The third-order valence-corrected chi connectivity index (χ3v) is 6.54. The average molecular weight is 434 g/mol. The largest absolute Gasteiger partial charge is 0.348 e. The topological polar surface area (TPSA) is 68.6 Å². The van der Waals surface area contributed by atoms with Crippen LogP contribution in [0.15, 0.2) is 36.7 Å². The zero-order chi connectivity index (χ0) is 22.1. The quantitative estimate of drug-likeness (QED) is 0.580. The number of aromatic nitrogens is 5. The molecule has 3 aromatic rings. The van der Waals surface area contributed by atoms with Gasteiger partial charge in [-0.2, -0.15) is 14.8 Å². The highest BCUT2D eigenvalue weighted by molar-refractivity contribution is 5.75. The second-order valence-corrected chi connectivity index (χ2v) is 9.45. The number of nitrogens with zero attached hydrogens (tertiary/aromatic N) is 5. The van der Waals surface area contributed by atoms with E-state index in [1.165, 1.54) is 32.1 Å². The van der Waals surface area contributed by atoms with Gasteiger partial charge in [0.15, 0.2) is 12.4 Å². The summed E-state index contributed by atoms with van der Waals surface area (Å²) in [5.74, 6) is 0.0839. The van der Waals surface area contributed by atoms with E-state index in [4.69, 9.17) is 5.10 Å². The van der Waals surface area contributed by atoms with Gasteiger partial charge in [0.2, 0.25) is 6.54 Å². The highest BCUT2D eigenvalue weighted by atomic mass is 16.2. The van der Waals surface area contributed by atoms with E-state index in [-0.39, 0.29) is 5.91 Å². The molecule has 0 radical (unpaired) electrons. The number of amides is 1. The second kappa shape index (κ2) is 8.88. The predicted octanol–water partition coefficient (Wildman–Crippen LogP) is 3.48. The molecule has 1 amide bonds. The van der Waals surface area contributed by atoms with Crippen molar-refractivity contribution in [2.24, 2.45) is 0 Å². The van der Waals surface area contributed by atoms with Crippen molar-refractivity contribution in [1.29, 1.82) is 0 Å². The summed E-state index contributed by atoms with van der Waals surface area (Å²) in [7, 11) is 0. The van der Waals surface area contributed by atoms with Gasteiger partial charge < -0.3 is 5.32 Å². The lowest BCUT2D eigenvalue weighted by molar-refractivity contribution is -0.684. The Bertz CT molecular complexity index is 1100. The maximum absolute atomic E-state index is 12.3. The molecule has 0 unspecified atom stereocenters. The molecule has 3 aromatic heterocycles. The molecule has 5 rings (SSSR count). The van der Waals surface area contributed by atoms with E-state index in [0.717, 1.165) is 41.2 Å². The van der Waals surface area contributed by atoms with Gasteiger partial charge in [0.05, 0.1) is 35.2 Å². The monoisotopic (exact) mass is 433 g/mol. The van der Waals surface area contributed by atoms with Gasteiger partial charge in [0, 0.05) is 17.8 Å². The van der Waals surface area contributed by atoms with Crippen molar-refractivity contribution < 1.29 is 9.36 Å². The Morgan fingerprint density at radius 3 is 2.66 bits per heavy atom. The van der Waals surface area contributed by atoms with E-state index < -0.39 is 0 Å². The van der Waals surface area contributed by atoms with Crippen molar-refractivity contribution in [3.05, 3.63) is 53.7 Å². The highest BCUT2D eigenvalue weighted by Crippen LogP contribution is 2.32. The van der Waals surface area contributed by atoms with Crippen molar-refractivity contribution in [3.8, 4) is 11.3 Å². The van der Waals surface area contributed by atoms with Gasteiger partial charge in [-0.25, -0.2) is 0 Å². The van der Waals surface area contributed by atoms with Gasteiger partial charge in [-0.3, -0.25) is 14.2 Å². The zero-order valence-electron chi connectivity index (χ0n) is 19.1. The minimum atomic E-state index is 0.0839. The van der Waals surface area contributed by atoms with Gasteiger partial charge in [-0.15, -0.1) is 0 Å². The van der Waals surface area contributed by atoms with E-state index in [1.54, 1.807) is 0 Å². The third kappa shape index (κ3) is 4.76. The molecular weight excluding hydrogens is 400 g/mol. The maximum atomic E-state index is 12.3. The Labute approximate surface area is 189 Å². The van der Waals surface area contributed by atoms with E-state index >= 15 is 0 Å². The van der Waals surface area contributed by atoms with Crippen LogP contribution < -0.4 is 9.88 Å². The van der Waals surface area contributed by atoms with Gasteiger partial charge in [0.25, 0.3) is 5.91 Å². The van der Waals surface area contributed by atoms with Gasteiger partial charge in [-0.1, -0.05) is 19.3 Å². The molecule has 2 aliphatic carbocycles. The summed E-state index contributed by atoms with van der Waals surface area (Å²) in [5, 5.41) is 12.8. The summed E-state index contributed by atoms with van der Waals surface area (Å²) in [6, 6.07) is 9.27. The minimum absolute atomic E-state index is 0.0839. The van der Waals surface area contributed by atoms with Gasteiger partial charge in [-0.05, 0) is 57.7 Å². The Kier molecular flexibility index (Phi) is 5.81. The Morgan fingerprint density at radius 1 is 1.12 bits per heavy atom. The molecule has 3 heterocycles. The molecule has 168 valence electrons. The van der Waals surface area contributed by atoms with Crippen molar-refractivity contribution in [2.75, 3.05) is 0 Å². The summed E-state index contributed by atoms with van der Waals surface area (Å²) in [6.45, 7) is 5.13. The molecule has 0 aromatic carbocycles. The molecule has 7 heteroatoms. The summed E-state index contributed by atoms with van der Waals surface area (Å²) < 4.78 is 6.25. The first-order valence-corrected chi connectivity index (χ1v) is 11.9. The number of carbonyl (C=O) groups is 1. The van der Waals surface area contributed by atoms with E-state index in [9.17, 15) is 4.79 Å². The van der Waals surface area contributed by atoms with E-state index in [1.807, 2.05) is 28.4 Å². The Morgan fingerprint density at radius 2 is 1.94 bits per heavy atom. The lowest BCUT2D eigenvalue weighted by atomic mass is 9.95. The zero-order valence-corrected chi connectivity index (χ0v) is 19.1. The molecule has 0 bridgehead atoms. The fourth-order valence-corrected chi connectivity index (χ4v) is 4.77. The van der Waals surface area contributed by atoms with Gasteiger partial charge in [0.1, 0.15) is 0 Å². The highest BCUT2D eigenvalue weighted by Gasteiger charge is 2.25. The van der Waals surface area contributed by atoms with Crippen LogP contribution in [0.25, 0.3) is 11.3 Å². The third-order valence-electron chi connectivity index (χ3n) is 6.54. The summed E-state index contributed by atoms with van der Waals surface area (Å²) in [4.78, 5) is 12.3. The molecule has 7 nitrogen and oxygen atoms in total. The summed E-state index contributed by atoms with van der Waals surface area (Å²) in [6.07, 6.45) is 12.4. The fourth-order valence-electron chi connectivity index (χ4n) is 4.77. The van der Waals surface area contributed by atoms with Gasteiger partial charge >= 0.3 is 0 Å². The maximum Gasteiger partial charge on any atom is 0.286 e. The van der Waals surface area contributed by atoms with Crippen molar-refractivity contribution in [2.45, 2.75) is 84.0 Å². The van der Waals surface area contributed by atoms with Crippen LogP contribution in [0.5, 0.6) is 0 Å². The molecule has 32 heavy (non-hydrogen) atoms. The molecule has 2 fully saturated rings. The number of rotatable bonds is 7. The van der Waals surface area contributed by atoms with E-state index in [0.29, 0.717) is 25.2 Å². The molecule has 0 saturated heterocycles. The fraction of sp³-hybridized carbons (Fsp3) is 0.520. The smallest absolute Gasteiger partial charge is 0.286 e. The normalized spacial score (nSPS) is 16.9. The van der Waals surface area contributed by atoms with Crippen molar-refractivity contribution in [3.63, 3.8) is 0 Å². The lowest BCUT2D eigenvalue weighted by Crippen LogP contribution is -2.43. The first kappa shape index (κ1) is 20.9. The molecular formula is C25H33N6O+. The molecule has 2 saturated carbocycles. The van der Waals surface area contributed by atoms with Crippen LogP contribution in [0.3, 0.4) is 0 Å². The molecule has 1 N–H and O–H groups in total. The number of hydrogen-bond acceptors (Lipinski definition) is 3. The second-order valence-electron chi connectivity index (χ2n) is 9.45. The number of pyridine rings is 1. The van der Waals surface area contributed by atoms with E-state index in [2.05, 4.69) is 46.4 Å². The van der Waals surface area contributed by atoms with Crippen LogP contribution in [0, 0.1) is 13.8 Å². The van der Waals surface area contributed by atoms with Crippen molar-refractivity contribution in [1.82, 2.24) is 24.9 Å². The van der Waals surface area contributed by atoms with Crippen LogP contribution in [-0.2, 0) is 17.9 Å². The lowest BCUT2D eigenvalue weighted by Gasteiger charge is -2.23. The summed E-state index contributed by atoms with van der Waals surface area (Å²) in [5.41, 5.74) is 5.44. The number of aryl methyl sites for hydroxylation is 2. The van der Waals surface area contributed by atoms with Crippen LogP contribution in [0.1, 0.15) is 68.1 Å². The Balaban J connectivity index is 1.44. The molecule has 2 aliphatic rings. The first-order chi connectivity index (χ1) is 15.5.